The first-order valence-electron chi connectivity index (χ1n) is 9.96. The highest BCUT2D eigenvalue weighted by molar-refractivity contribution is 5.06. The third-order valence-corrected chi connectivity index (χ3v) is 9.13. The van der Waals surface area contributed by atoms with Crippen molar-refractivity contribution in [3.05, 3.63) is 0 Å². The van der Waals surface area contributed by atoms with E-state index in [-0.39, 0.29) is 0 Å². The van der Waals surface area contributed by atoms with Gasteiger partial charge in [0.2, 0.25) is 0 Å². The van der Waals surface area contributed by atoms with Crippen molar-refractivity contribution in [1.29, 1.82) is 0 Å². The molecule has 0 aliphatic heterocycles. The van der Waals surface area contributed by atoms with Gasteiger partial charge < -0.3 is 9.47 Å². The van der Waals surface area contributed by atoms with Gasteiger partial charge in [-0.25, -0.2) is 0 Å². The summed E-state index contributed by atoms with van der Waals surface area (Å²) in [4.78, 5) is 0. The topological polar surface area (TPSA) is 18.5 Å². The summed E-state index contributed by atoms with van der Waals surface area (Å²) >= 11 is 0. The molecule has 0 saturated heterocycles. The van der Waals surface area contributed by atoms with Crippen molar-refractivity contribution in [3.8, 4) is 0 Å². The normalized spacial score (nSPS) is 52.4. The largest absolute Gasteiger partial charge is 0.352 e. The summed E-state index contributed by atoms with van der Waals surface area (Å²) in [5.41, 5.74) is 1.09. The van der Waals surface area contributed by atoms with Crippen LogP contribution in [0.5, 0.6) is 0 Å². The average Bonchev–Trinajstić information content (AvgIpc) is 2.49. The zero-order valence-electron chi connectivity index (χ0n) is 16.0. The zero-order valence-corrected chi connectivity index (χ0v) is 16.0. The van der Waals surface area contributed by atoms with Crippen LogP contribution in [0.4, 0.5) is 0 Å². The molecule has 132 valence electrons. The summed E-state index contributed by atoms with van der Waals surface area (Å²) in [6.07, 6.45) is 6.19. The predicted octanol–water partition coefficient (Wildman–Crippen LogP) is 5.12. The van der Waals surface area contributed by atoms with Crippen LogP contribution in [-0.4, -0.2) is 19.0 Å². The highest BCUT2D eigenvalue weighted by Crippen LogP contribution is 2.63. The van der Waals surface area contributed by atoms with Crippen LogP contribution in [0.1, 0.15) is 67.2 Å². The number of fused-ring (bicyclic) bond motifs is 4. The molecule has 0 heterocycles. The summed E-state index contributed by atoms with van der Waals surface area (Å²) in [7, 11) is 0. The standard InChI is InChI=1S/C21H36O2/c1-12-16-7-14(20(16,3)4)9-18(12)22-11-23-19-10-15-8-17(13(19)2)21(15,5)6/h12-19H,7-11H2,1-6H3/t12-,13-,14+,15+,16-,17-,18-,19-/m0/s1. The number of ether oxygens (including phenoxy) is 2. The molecule has 0 aromatic carbocycles. The summed E-state index contributed by atoms with van der Waals surface area (Å²) in [6.45, 7) is 15.1. The van der Waals surface area contributed by atoms with Gasteiger partial charge >= 0.3 is 0 Å². The Morgan fingerprint density at radius 1 is 0.696 bits per heavy atom. The molecule has 6 fully saturated rings. The smallest absolute Gasteiger partial charge is 0.147 e. The molecule has 6 saturated carbocycles. The van der Waals surface area contributed by atoms with Gasteiger partial charge in [-0.3, -0.25) is 0 Å². The van der Waals surface area contributed by atoms with E-state index in [1.165, 1.54) is 25.7 Å². The maximum atomic E-state index is 6.22. The van der Waals surface area contributed by atoms with E-state index in [9.17, 15) is 0 Å². The quantitative estimate of drug-likeness (QED) is 0.669. The molecule has 0 unspecified atom stereocenters. The van der Waals surface area contributed by atoms with Gasteiger partial charge in [-0.05, 0) is 72.0 Å². The van der Waals surface area contributed by atoms with E-state index < -0.39 is 0 Å². The summed E-state index contributed by atoms with van der Waals surface area (Å²) in [5, 5.41) is 0. The molecular formula is C21H36O2. The Kier molecular flexibility index (Phi) is 3.71. The van der Waals surface area contributed by atoms with Crippen molar-refractivity contribution < 1.29 is 9.47 Å². The van der Waals surface area contributed by atoms with Gasteiger partial charge in [0.05, 0.1) is 12.2 Å². The summed E-state index contributed by atoms with van der Waals surface area (Å²) < 4.78 is 12.4. The molecule has 2 heteroatoms. The molecule has 6 aliphatic carbocycles. The van der Waals surface area contributed by atoms with Crippen molar-refractivity contribution in [2.24, 2.45) is 46.3 Å². The second-order valence-electron chi connectivity index (χ2n) is 10.4. The minimum Gasteiger partial charge on any atom is -0.352 e. The van der Waals surface area contributed by atoms with E-state index in [1.54, 1.807) is 0 Å². The number of rotatable bonds is 4. The lowest BCUT2D eigenvalue weighted by molar-refractivity contribution is -0.234. The predicted molar refractivity (Wildman–Crippen MR) is 92.9 cm³/mol. The molecule has 6 aliphatic rings. The van der Waals surface area contributed by atoms with E-state index >= 15 is 0 Å². The van der Waals surface area contributed by atoms with E-state index in [4.69, 9.17) is 9.47 Å². The van der Waals surface area contributed by atoms with Gasteiger partial charge in [0.25, 0.3) is 0 Å². The van der Waals surface area contributed by atoms with Crippen molar-refractivity contribution in [1.82, 2.24) is 0 Å². The van der Waals surface area contributed by atoms with Crippen LogP contribution < -0.4 is 0 Å². The van der Waals surface area contributed by atoms with Gasteiger partial charge in [-0.2, -0.15) is 0 Å². The Morgan fingerprint density at radius 3 is 1.39 bits per heavy atom. The Hall–Kier alpha value is -0.0800. The van der Waals surface area contributed by atoms with E-state index in [1.807, 2.05) is 0 Å². The molecular weight excluding hydrogens is 284 g/mol. The van der Waals surface area contributed by atoms with Gasteiger partial charge in [0, 0.05) is 0 Å². The third-order valence-electron chi connectivity index (χ3n) is 9.13. The molecule has 8 atom stereocenters. The fourth-order valence-electron chi connectivity index (χ4n) is 6.86. The van der Waals surface area contributed by atoms with E-state index in [0.717, 1.165) is 23.7 Å². The minimum atomic E-state index is 0.427. The van der Waals surface area contributed by atoms with Crippen molar-refractivity contribution >= 4 is 0 Å². The first-order chi connectivity index (χ1) is 10.7. The lowest BCUT2D eigenvalue weighted by Crippen LogP contribution is -2.58. The molecule has 4 bridgehead atoms. The maximum absolute atomic E-state index is 6.22. The van der Waals surface area contributed by atoms with Crippen LogP contribution >= 0.6 is 0 Å². The molecule has 0 amide bonds. The summed E-state index contributed by atoms with van der Waals surface area (Å²) in [6, 6.07) is 0. The van der Waals surface area contributed by atoms with Crippen LogP contribution in [0.2, 0.25) is 0 Å². The lowest BCUT2D eigenvalue weighted by atomic mass is 9.45. The number of hydrogen-bond acceptors (Lipinski definition) is 2. The van der Waals surface area contributed by atoms with Crippen LogP contribution in [0.3, 0.4) is 0 Å². The average molecular weight is 321 g/mol. The van der Waals surface area contributed by atoms with Gasteiger partial charge in [0.1, 0.15) is 6.79 Å². The summed E-state index contributed by atoms with van der Waals surface area (Å²) in [5.74, 6) is 4.83. The second kappa shape index (κ2) is 5.21. The molecule has 0 aromatic heterocycles. The highest BCUT2D eigenvalue weighted by atomic mass is 16.7. The van der Waals surface area contributed by atoms with Crippen molar-refractivity contribution in [3.63, 3.8) is 0 Å². The SMILES string of the molecule is C[C@@H]1[C@@H](OCO[C@H]2C[C@H]3C[C@@H]([C@@H]2C)C3(C)C)C[C@H]2C[C@@H]1C2(C)C. The fraction of sp³-hybridized carbons (Fsp3) is 1.00. The monoisotopic (exact) mass is 320 g/mol. The van der Waals surface area contributed by atoms with Crippen molar-refractivity contribution in [2.45, 2.75) is 79.4 Å². The van der Waals surface area contributed by atoms with E-state index in [0.29, 0.717) is 41.7 Å². The van der Waals surface area contributed by atoms with E-state index in [2.05, 4.69) is 41.5 Å². The molecule has 0 radical (unpaired) electrons. The van der Waals surface area contributed by atoms with Crippen molar-refractivity contribution in [2.75, 3.05) is 6.79 Å². The number of hydrogen-bond donors (Lipinski definition) is 0. The lowest BCUT2D eigenvalue weighted by Gasteiger charge is -2.62. The first kappa shape index (κ1) is 16.4. The Balaban J connectivity index is 1.26. The third kappa shape index (κ3) is 2.27. The Morgan fingerprint density at radius 2 is 1.09 bits per heavy atom. The Labute approximate surface area is 142 Å². The van der Waals surface area contributed by atoms with Gasteiger partial charge in [-0.1, -0.05) is 41.5 Å². The maximum Gasteiger partial charge on any atom is 0.147 e. The molecule has 23 heavy (non-hydrogen) atoms. The first-order valence-corrected chi connectivity index (χ1v) is 9.96. The fourth-order valence-corrected chi connectivity index (χ4v) is 6.86. The molecule has 0 N–H and O–H groups in total. The van der Waals surface area contributed by atoms with Crippen LogP contribution in [0.25, 0.3) is 0 Å². The second-order valence-corrected chi connectivity index (χ2v) is 10.4. The Bertz CT molecular complexity index is 426. The zero-order chi connectivity index (χ0) is 16.6. The van der Waals surface area contributed by atoms with Crippen LogP contribution in [0.15, 0.2) is 0 Å². The molecule has 6 rings (SSSR count). The molecule has 0 aromatic rings. The minimum absolute atomic E-state index is 0.427. The van der Waals surface area contributed by atoms with Gasteiger partial charge in [-0.15, -0.1) is 0 Å². The van der Waals surface area contributed by atoms with Crippen LogP contribution in [0, 0.1) is 46.3 Å². The van der Waals surface area contributed by atoms with Gasteiger partial charge in [0.15, 0.2) is 0 Å². The van der Waals surface area contributed by atoms with Crippen LogP contribution in [-0.2, 0) is 9.47 Å². The molecule has 2 nitrogen and oxygen atoms in total. The highest BCUT2D eigenvalue weighted by Gasteiger charge is 2.58. The molecule has 0 spiro atoms.